The van der Waals surface area contributed by atoms with Crippen molar-refractivity contribution in [1.29, 1.82) is 0 Å². The molecule has 4 aromatic rings. The lowest BCUT2D eigenvalue weighted by Crippen LogP contribution is -2.25. The molecule has 4 aromatic carbocycles. The molecule has 0 amide bonds. The van der Waals surface area contributed by atoms with Gasteiger partial charge < -0.3 is 14.6 Å². The number of carbonyl (C=O) groups is 2. The summed E-state index contributed by atoms with van der Waals surface area (Å²) in [6.45, 7) is 0.389. The summed E-state index contributed by atoms with van der Waals surface area (Å²) in [6.07, 6.45) is -0.717. The van der Waals surface area contributed by atoms with Gasteiger partial charge in [0, 0.05) is 0 Å². The number of carboxylic acid groups (broad SMARTS) is 1. The van der Waals surface area contributed by atoms with E-state index in [0.29, 0.717) is 17.9 Å². The minimum Gasteiger partial charge on any atom is -0.489 e. The van der Waals surface area contributed by atoms with Gasteiger partial charge in [-0.2, -0.15) is 0 Å². The van der Waals surface area contributed by atoms with Crippen LogP contribution in [0.5, 0.6) is 5.75 Å². The minimum absolute atomic E-state index is 0.324. The molecular formula is C29H24O5. The highest BCUT2D eigenvalue weighted by Gasteiger charge is 2.32. The zero-order valence-electron chi connectivity index (χ0n) is 18.4. The molecule has 0 fully saturated rings. The van der Waals surface area contributed by atoms with Crippen molar-refractivity contribution in [2.75, 3.05) is 0 Å². The molecule has 0 aliphatic heterocycles. The summed E-state index contributed by atoms with van der Waals surface area (Å²) in [7, 11) is 0. The second kappa shape index (κ2) is 11.0. The third-order valence-corrected chi connectivity index (χ3v) is 5.38. The van der Waals surface area contributed by atoms with Crippen molar-refractivity contribution in [3.05, 3.63) is 138 Å². The number of hydrogen-bond acceptors (Lipinski definition) is 4. The third kappa shape index (κ3) is 5.70. The van der Waals surface area contributed by atoms with Gasteiger partial charge in [-0.25, -0.2) is 0 Å². The molecule has 0 aliphatic rings. The van der Waals surface area contributed by atoms with E-state index in [9.17, 15) is 14.7 Å². The van der Waals surface area contributed by atoms with Crippen molar-refractivity contribution < 1.29 is 24.2 Å². The molecule has 0 bridgehead atoms. The number of carbonyl (C=O) groups excluding carboxylic acids is 1. The monoisotopic (exact) mass is 452 g/mol. The number of carboxylic acids is 1. The Morgan fingerprint density at radius 1 is 0.647 bits per heavy atom. The van der Waals surface area contributed by atoms with Crippen LogP contribution in [0.15, 0.2) is 115 Å². The molecule has 0 heterocycles. The van der Waals surface area contributed by atoms with Crippen LogP contribution in [0.2, 0.25) is 0 Å². The quantitative estimate of drug-likeness (QED) is 0.258. The Labute approximate surface area is 198 Å². The topological polar surface area (TPSA) is 72.8 Å². The lowest BCUT2D eigenvalue weighted by atomic mass is 9.98. The predicted octanol–water partition coefficient (Wildman–Crippen LogP) is 5.77. The molecule has 1 unspecified atom stereocenters. The molecule has 34 heavy (non-hydrogen) atoms. The van der Waals surface area contributed by atoms with Gasteiger partial charge in [0.2, 0.25) is 0 Å². The van der Waals surface area contributed by atoms with Crippen molar-refractivity contribution in [2.45, 2.75) is 18.6 Å². The van der Waals surface area contributed by atoms with Gasteiger partial charge in [0.15, 0.2) is 12.0 Å². The van der Waals surface area contributed by atoms with Gasteiger partial charge in [-0.05, 0) is 34.4 Å². The van der Waals surface area contributed by atoms with Crippen molar-refractivity contribution >= 4 is 11.9 Å². The zero-order valence-corrected chi connectivity index (χ0v) is 18.4. The van der Waals surface area contributed by atoms with Crippen molar-refractivity contribution in [2.24, 2.45) is 0 Å². The average Bonchev–Trinajstić information content (AvgIpc) is 2.88. The van der Waals surface area contributed by atoms with Gasteiger partial charge in [0.05, 0.1) is 0 Å². The van der Waals surface area contributed by atoms with Crippen LogP contribution in [0.1, 0.15) is 34.3 Å². The Morgan fingerprint density at radius 3 is 1.65 bits per heavy atom. The number of ether oxygens (including phenoxy) is 2. The summed E-state index contributed by atoms with van der Waals surface area (Å²) in [6, 6.07) is 34.7. The lowest BCUT2D eigenvalue weighted by molar-refractivity contribution is -0.156. The van der Waals surface area contributed by atoms with Crippen LogP contribution in [-0.4, -0.2) is 17.0 Å². The lowest BCUT2D eigenvalue weighted by Gasteiger charge is -2.21. The number of esters is 1. The third-order valence-electron chi connectivity index (χ3n) is 5.38. The Balaban J connectivity index is 1.52. The van der Waals surface area contributed by atoms with Gasteiger partial charge >= 0.3 is 11.9 Å². The van der Waals surface area contributed by atoms with Crippen LogP contribution in [0, 0.1) is 0 Å². The summed E-state index contributed by atoms with van der Waals surface area (Å²) in [4.78, 5) is 25.2. The molecule has 170 valence electrons. The first-order chi connectivity index (χ1) is 16.6. The highest BCUT2D eigenvalue weighted by atomic mass is 16.5. The van der Waals surface area contributed by atoms with Crippen LogP contribution >= 0.6 is 0 Å². The predicted molar refractivity (Wildman–Crippen MR) is 128 cm³/mol. The highest BCUT2D eigenvalue weighted by molar-refractivity contribution is 6.00. The molecule has 0 spiro atoms. The van der Waals surface area contributed by atoms with Crippen LogP contribution in [0.4, 0.5) is 0 Å². The van der Waals surface area contributed by atoms with Gasteiger partial charge in [-0.15, -0.1) is 0 Å². The summed E-state index contributed by atoms with van der Waals surface area (Å²) in [5.74, 6) is -2.99. The maximum absolute atomic E-state index is 13.1. The fraction of sp³-hybridized carbons (Fsp3) is 0.103. The first-order valence-electron chi connectivity index (χ1n) is 10.9. The molecule has 5 nitrogen and oxygen atoms in total. The van der Waals surface area contributed by atoms with Crippen molar-refractivity contribution in [3.63, 3.8) is 0 Å². The largest absolute Gasteiger partial charge is 0.489 e. The number of rotatable bonds is 9. The number of benzene rings is 4. The van der Waals surface area contributed by atoms with E-state index in [1.54, 1.807) is 24.3 Å². The maximum Gasteiger partial charge on any atom is 0.325 e. The van der Waals surface area contributed by atoms with E-state index in [0.717, 1.165) is 16.7 Å². The van der Waals surface area contributed by atoms with E-state index in [1.165, 1.54) is 0 Å². The maximum atomic E-state index is 13.1. The summed E-state index contributed by atoms with van der Waals surface area (Å²) in [5.41, 5.74) is 2.86. The first-order valence-corrected chi connectivity index (χ1v) is 10.9. The fourth-order valence-electron chi connectivity index (χ4n) is 3.65. The standard InChI is InChI=1S/C29H24O5/c30-28(31)26(22-16-18-25(19-17-22)33-20-21-10-4-1-5-11-21)29(32)34-27(23-12-6-2-7-13-23)24-14-8-3-9-15-24/h1-19,26-27H,20H2,(H,30,31). The summed E-state index contributed by atoms with van der Waals surface area (Å²) >= 11 is 0. The van der Waals surface area contributed by atoms with Crippen LogP contribution < -0.4 is 4.74 Å². The number of aliphatic carboxylic acids is 1. The van der Waals surface area contributed by atoms with Gasteiger partial charge in [-0.3, -0.25) is 9.59 Å². The number of hydrogen-bond donors (Lipinski definition) is 1. The molecule has 0 saturated heterocycles. The van der Waals surface area contributed by atoms with E-state index < -0.39 is 24.0 Å². The van der Waals surface area contributed by atoms with E-state index in [1.807, 2.05) is 91.0 Å². The molecular weight excluding hydrogens is 428 g/mol. The van der Waals surface area contributed by atoms with Gasteiger partial charge in [-0.1, -0.05) is 103 Å². The SMILES string of the molecule is O=C(O)C(C(=O)OC(c1ccccc1)c1ccccc1)c1ccc(OCc2ccccc2)cc1. The molecule has 5 heteroatoms. The normalized spacial score (nSPS) is 11.6. The van der Waals surface area contributed by atoms with Gasteiger partial charge in [0.25, 0.3) is 0 Å². The zero-order chi connectivity index (χ0) is 23.8. The van der Waals surface area contributed by atoms with Crippen LogP contribution in [0.25, 0.3) is 0 Å². The molecule has 4 rings (SSSR count). The second-order valence-electron chi connectivity index (χ2n) is 7.75. The summed E-state index contributed by atoms with van der Waals surface area (Å²) < 4.78 is 11.5. The minimum atomic E-state index is -1.46. The summed E-state index contributed by atoms with van der Waals surface area (Å²) in [5, 5.41) is 9.84. The Morgan fingerprint density at radius 2 is 1.15 bits per heavy atom. The molecule has 0 aromatic heterocycles. The Hall–Kier alpha value is -4.38. The van der Waals surface area contributed by atoms with E-state index in [2.05, 4.69) is 0 Å². The smallest absolute Gasteiger partial charge is 0.325 e. The van der Waals surface area contributed by atoms with E-state index in [-0.39, 0.29) is 0 Å². The molecule has 1 N–H and O–H groups in total. The first kappa shape index (κ1) is 22.8. The highest BCUT2D eigenvalue weighted by Crippen LogP contribution is 2.30. The second-order valence-corrected chi connectivity index (χ2v) is 7.75. The fourth-order valence-corrected chi connectivity index (χ4v) is 3.65. The van der Waals surface area contributed by atoms with Crippen molar-refractivity contribution in [3.8, 4) is 5.75 Å². The van der Waals surface area contributed by atoms with E-state index >= 15 is 0 Å². The van der Waals surface area contributed by atoms with Crippen molar-refractivity contribution in [1.82, 2.24) is 0 Å². The van der Waals surface area contributed by atoms with Gasteiger partial charge in [0.1, 0.15) is 12.4 Å². The van der Waals surface area contributed by atoms with E-state index in [4.69, 9.17) is 9.47 Å². The molecule has 0 saturated carbocycles. The van der Waals surface area contributed by atoms with Crippen LogP contribution in [-0.2, 0) is 20.9 Å². The molecule has 1 atom stereocenters. The molecule has 0 aliphatic carbocycles. The Kier molecular flexibility index (Phi) is 7.35. The Bertz CT molecular complexity index is 1170. The molecule has 0 radical (unpaired) electrons. The van der Waals surface area contributed by atoms with Crippen LogP contribution in [0.3, 0.4) is 0 Å². The average molecular weight is 453 g/mol.